The van der Waals surface area contributed by atoms with Gasteiger partial charge in [0.25, 0.3) is 0 Å². The quantitative estimate of drug-likeness (QED) is 0.641. The van der Waals surface area contributed by atoms with Crippen LogP contribution in [0, 0.1) is 0 Å². The van der Waals surface area contributed by atoms with Crippen molar-refractivity contribution in [2.75, 3.05) is 0 Å². The third-order valence-electron chi connectivity index (χ3n) is 1.71. The Morgan fingerprint density at radius 2 is 2.08 bits per heavy atom. The zero-order valence-corrected chi connectivity index (χ0v) is 7.66. The van der Waals surface area contributed by atoms with Gasteiger partial charge in [-0.05, 0) is 18.9 Å². The number of carbonyl (C=O) groups excluding carboxylic acids is 1. The van der Waals surface area contributed by atoms with Crippen molar-refractivity contribution in [2.45, 2.75) is 13.3 Å². The monoisotopic (exact) mass is 172 g/mol. The van der Waals surface area contributed by atoms with Crippen LogP contribution in [0.15, 0.2) is 42.0 Å². The van der Waals surface area contributed by atoms with Crippen LogP contribution in [0.5, 0.6) is 0 Å². The summed E-state index contributed by atoms with van der Waals surface area (Å²) in [6.45, 7) is 1.78. The van der Waals surface area contributed by atoms with E-state index in [9.17, 15) is 4.79 Å². The third-order valence-corrected chi connectivity index (χ3v) is 1.71. The fourth-order valence-corrected chi connectivity index (χ4v) is 0.978. The lowest BCUT2D eigenvalue weighted by atomic mass is 10.1. The molecule has 0 saturated carbocycles. The molecule has 0 spiro atoms. The molecule has 0 N–H and O–H groups in total. The molecule has 13 heavy (non-hydrogen) atoms. The van der Waals surface area contributed by atoms with Gasteiger partial charge >= 0.3 is 0 Å². The lowest BCUT2D eigenvalue weighted by molar-refractivity contribution is 0.566. The molecule has 66 valence electrons. The second kappa shape index (κ2) is 5.13. The zero-order chi connectivity index (χ0) is 9.52. The molecule has 0 saturated heterocycles. The summed E-state index contributed by atoms with van der Waals surface area (Å²) in [4.78, 5) is 10.2. The first-order chi connectivity index (χ1) is 6.33. The summed E-state index contributed by atoms with van der Waals surface area (Å²) < 4.78 is 0. The molecule has 0 aromatic heterocycles. The minimum Gasteiger partial charge on any atom is -0.234 e. The van der Waals surface area contributed by atoms with Gasteiger partial charge in [-0.3, -0.25) is 0 Å². The van der Waals surface area contributed by atoms with Crippen LogP contribution in [-0.2, 0) is 4.79 Å². The van der Waals surface area contributed by atoms with E-state index < -0.39 is 0 Å². The molecular formula is C12H12O. The summed E-state index contributed by atoms with van der Waals surface area (Å²) in [5.74, 6) is 1.87. The first-order valence-corrected chi connectivity index (χ1v) is 4.25. The van der Waals surface area contributed by atoms with Gasteiger partial charge in [0.1, 0.15) is 5.94 Å². The summed E-state index contributed by atoms with van der Waals surface area (Å²) in [6.07, 6.45) is 4.65. The number of allylic oxidation sites excluding steroid dienone is 2. The SMILES string of the molecule is CC(=C=O)CC=Cc1ccccc1. The van der Waals surface area contributed by atoms with Crippen LogP contribution in [0.2, 0.25) is 0 Å². The predicted octanol–water partition coefficient (Wildman–Crippen LogP) is 2.87. The summed E-state index contributed by atoms with van der Waals surface area (Å²) in [5.41, 5.74) is 1.88. The molecule has 0 aliphatic carbocycles. The molecule has 1 aromatic rings. The van der Waals surface area contributed by atoms with Crippen molar-refractivity contribution in [3.8, 4) is 0 Å². The summed E-state index contributed by atoms with van der Waals surface area (Å²) in [6, 6.07) is 10.0. The maximum absolute atomic E-state index is 10.2. The van der Waals surface area contributed by atoms with E-state index in [4.69, 9.17) is 0 Å². The number of hydrogen-bond donors (Lipinski definition) is 0. The van der Waals surface area contributed by atoms with Crippen molar-refractivity contribution >= 4 is 12.0 Å². The highest BCUT2D eigenvalue weighted by Crippen LogP contribution is 2.03. The normalized spacial score (nSPS) is 9.92. The smallest absolute Gasteiger partial charge is 0.123 e. The van der Waals surface area contributed by atoms with Crippen LogP contribution in [0.4, 0.5) is 0 Å². The van der Waals surface area contributed by atoms with Gasteiger partial charge in [-0.25, -0.2) is 4.79 Å². The Labute approximate surface area is 78.4 Å². The van der Waals surface area contributed by atoms with E-state index in [0.29, 0.717) is 6.42 Å². The molecular weight excluding hydrogens is 160 g/mol. The fraction of sp³-hybridized carbons (Fsp3) is 0.167. The Bertz CT molecular complexity index is 329. The Morgan fingerprint density at radius 3 is 2.69 bits per heavy atom. The Hall–Kier alpha value is -1.59. The topological polar surface area (TPSA) is 17.1 Å². The molecule has 1 nitrogen and oxygen atoms in total. The molecule has 0 fully saturated rings. The number of benzene rings is 1. The average Bonchev–Trinajstić information content (AvgIpc) is 2.19. The molecule has 0 amide bonds. The maximum atomic E-state index is 10.2. The molecule has 0 unspecified atom stereocenters. The Morgan fingerprint density at radius 1 is 1.38 bits per heavy atom. The molecule has 0 aliphatic heterocycles. The minimum absolute atomic E-state index is 0.679. The van der Waals surface area contributed by atoms with Gasteiger partial charge in [-0.1, -0.05) is 42.5 Å². The molecule has 0 aliphatic rings. The van der Waals surface area contributed by atoms with Crippen molar-refractivity contribution in [2.24, 2.45) is 0 Å². The van der Waals surface area contributed by atoms with Crippen molar-refractivity contribution < 1.29 is 4.79 Å². The van der Waals surface area contributed by atoms with Crippen LogP contribution >= 0.6 is 0 Å². The molecule has 0 heterocycles. The summed E-state index contributed by atoms with van der Waals surface area (Å²) in [5, 5.41) is 0. The van der Waals surface area contributed by atoms with Gasteiger partial charge < -0.3 is 0 Å². The lowest BCUT2D eigenvalue weighted by Crippen LogP contribution is -1.73. The predicted molar refractivity (Wildman–Crippen MR) is 55.0 cm³/mol. The van der Waals surface area contributed by atoms with Crippen LogP contribution in [0.25, 0.3) is 6.08 Å². The van der Waals surface area contributed by atoms with Crippen LogP contribution in [-0.4, -0.2) is 5.94 Å². The van der Waals surface area contributed by atoms with Crippen LogP contribution < -0.4 is 0 Å². The molecule has 1 aromatic carbocycles. The molecule has 0 radical (unpaired) electrons. The number of rotatable bonds is 3. The van der Waals surface area contributed by atoms with Crippen molar-refractivity contribution in [1.82, 2.24) is 0 Å². The van der Waals surface area contributed by atoms with Gasteiger partial charge in [0.2, 0.25) is 0 Å². The van der Waals surface area contributed by atoms with E-state index in [0.717, 1.165) is 11.1 Å². The second-order valence-corrected chi connectivity index (χ2v) is 2.90. The van der Waals surface area contributed by atoms with Crippen molar-refractivity contribution in [3.63, 3.8) is 0 Å². The van der Waals surface area contributed by atoms with Gasteiger partial charge in [0.05, 0.1) is 0 Å². The largest absolute Gasteiger partial charge is 0.234 e. The zero-order valence-electron chi connectivity index (χ0n) is 7.66. The fourth-order valence-electron chi connectivity index (χ4n) is 0.978. The maximum Gasteiger partial charge on any atom is 0.123 e. The van der Waals surface area contributed by atoms with E-state index in [1.807, 2.05) is 48.4 Å². The highest BCUT2D eigenvalue weighted by atomic mass is 16.1. The Kier molecular flexibility index (Phi) is 3.74. The molecule has 1 rings (SSSR count). The summed E-state index contributed by atoms with van der Waals surface area (Å²) in [7, 11) is 0. The van der Waals surface area contributed by atoms with Gasteiger partial charge in [0, 0.05) is 5.57 Å². The average molecular weight is 172 g/mol. The highest BCUT2D eigenvalue weighted by molar-refractivity contribution is 5.54. The van der Waals surface area contributed by atoms with E-state index in [-0.39, 0.29) is 0 Å². The Balaban J connectivity index is 2.55. The van der Waals surface area contributed by atoms with Gasteiger partial charge in [-0.15, -0.1) is 0 Å². The molecule has 0 bridgehead atoms. The van der Waals surface area contributed by atoms with Crippen molar-refractivity contribution in [3.05, 3.63) is 47.5 Å². The van der Waals surface area contributed by atoms with Gasteiger partial charge in [0.15, 0.2) is 0 Å². The first-order valence-electron chi connectivity index (χ1n) is 4.25. The van der Waals surface area contributed by atoms with Crippen LogP contribution in [0.3, 0.4) is 0 Å². The van der Waals surface area contributed by atoms with E-state index in [1.165, 1.54) is 0 Å². The highest BCUT2D eigenvalue weighted by Gasteiger charge is 1.85. The lowest BCUT2D eigenvalue weighted by Gasteiger charge is -1.90. The molecule has 0 atom stereocenters. The summed E-state index contributed by atoms with van der Waals surface area (Å²) >= 11 is 0. The third kappa shape index (κ3) is 3.55. The van der Waals surface area contributed by atoms with E-state index in [1.54, 1.807) is 6.92 Å². The van der Waals surface area contributed by atoms with E-state index in [2.05, 4.69) is 0 Å². The van der Waals surface area contributed by atoms with Crippen molar-refractivity contribution in [1.29, 1.82) is 0 Å². The standard InChI is InChI=1S/C12H12O/c1-11(10-13)6-5-9-12-7-3-2-4-8-12/h2-5,7-9H,6H2,1H3. The van der Waals surface area contributed by atoms with Gasteiger partial charge in [-0.2, -0.15) is 0 Å². The van der Waals surface area contributed by atoms with Crippen LogP contribution in [0.1, 0.15) is 18.9 Å². The first kappa shape index (κ1) is 9.50. The number of hydrogen-bond acceptors (Lipinski definition) is 1. The second-order valence-electron chi connectivity index (χ2n) is 2.90. The minimum atomic E-state index is 0.679. The molecule has 1 heteroatoms. The van der Waals surface area contributed by atoms with E-state index >= 15 is 0 Å².